The molecule has 0 aromatic rings. The molecule has 98 valence electrons. The highest BCUT2D eigenvalue weighted by Gasteiger charge is 2.32. The van der Waals surface area contributed by atoms with Gasteiger partial charge in [0.05, 0.1) is 12.6 Å². The fourth-order valence-corrected chi connectivity index (χ4v) is 1.36. The van der Waals surface area contributed by atoms with Gasteiger partial charge in [-0.15, -0.1) is 0 Å². The van der Waals surface area contributed by atoms with Crippen LogP contribution in [0.4, 0.5) is 4.79 Å². The van der Waals surface area contributed by atoms with E-state index in [0.717, 1.165) is 4.90 Å². The van der Waals surface area contributed by atoms with Crippen molar-refractivity contribution in [2.75, 3.05) is 13.2 Å². The van der Waals surface area contributed by atoms with Gasteiger partial charge in [-0.05, 0) is 13.3 Å². The number of aliphatic hydroxyl groups is 1. The molecule has 0 heterocycles. The van der Waals surface area contributed by atoms with Gasteiger partial charge in [0.15, 0.2) is 0 Å². The highest BCUT2D eigenvalue weighted by Crippen LogP contribution is 2.11. The molecule has 0 radical (unpaired) electrons. The third kappa shape index (κ3) is 4.44. The summed E-state index contributed by atoms with van der Waals surface area (Å²) in [5.74, 6) is -1.15. The number of hydrogen-bond acceptors (Lipinski definition) is 4. The quantitative estimate of drug-likeness (QED) is 0.649. The number of amides is 1. The first-order chi connectivity index (χ1) is 7.99. The smallest absolute Gasteiger partial charge is 0.411 e. The molecule has 6 heteroatoms. The summed E-state index contributed by atoms with van der Waals surface area (Å²) >= 11 is 0. The van der Waals surface area contributed by atoms with Crippen molar-refractivity contribution >= 4 is 12.1 Å². The molecular weight excluding hydrogens is 226 g/mol. The fraction of sp³-hybridized carbons (Fsp3) is 0.636. The summed E-state index contributed by atoms with van der Waals surface area (Å²) < 4.78 is 4.80. The highest BCUT2D eigenvalue weighted by molar-refractivity contribution is 5.79. The van der Waals surface area contributed by atoms with Crippen LogP contribution in [0.15, 0.2) is 12.7 Å². The van der Waals surface area contributed by atoms with Gasteiger partial charge < -0.3 is 14.9 Å². The van der Waals surface area contributed by atoms with E-state index in [0.29, 0.717) is 6.42 Å². The number of nitrogens with zero attached hydrogens (tertiary/aromatic N) is 1. The van der Waals surface area contributed by atoms with E-state index in [9.17, 15) is 9.59 Å². The Morgan fingerprint density at radius 1 is 1.53 bits per heavy atom. The number of carbonyl (C=O) groups excluding carboxylic acids is 1. The van der Waals surface area contributed by atoms with Gasteiger partial charge in [0.1, 0.15) is 12.6 Å². The fourth-order valence-electron chi connectivity index (χ4n) is 1.36. The van der Waals surface area contributed by atoms with Gasteiger partial charge in [-0.1, -0.05) is 19.6 Å². The summed E-state index contributed by atoms with van der Waals surface area (Å²) in [5, 5.41) is 18.1. The zero-order valence-corrected chi connectivity index (χ0v) is 10.1. The molecule has 0 rings (SSSR count). The van der Waals surface area contributed by atoms with Crippen molar-refractivity contribution in [3.05, 3.63) is 12.7 Å². The minimum absolute atomic E-state index is 0.00351. The lowest BCUT2D eigenvalue weighted by atomic mass is 10.1. The molecule has 0 aliphatic carbocycles. The van der Waals surface area contributed by atoms with Gasteiger partial charge in [-0.3, -0.25) is 4.90 Å². The molecule has 2 atom stereocenters. The monoisotopic (exact) mass is 245 g/mol. The zero-order chi connectivity index (χ0) is 13.4. The molecule has 0 fully saturated rings. The van der Waals surface area contributed by atoms with Crippen LogP contribution in [0.25, 0.3) is 0 Å². The maximum absolute atomic E-state index is 11.7. The van der Waals surface area contributed by atoms with Crippen LogP contribution in [0.2, 0.25) is 0 Å². The molecule has 1 amide bonds. The number of aliphatic carboxylic acids is 1. The third-order valence-corrected chi connectivity index (χ3v) is 2.39. The summed E-state index contributed by atoms with van der Waals surface area (Å²) in [6.45, 7) is 6.22. The first-order valence-electron chi connectivity index (χ1n) is 5.39. The average molecular weight is 245 g/mol. The van der Waals surface area contributed by atoms with Crippen molar-refractivity contribution in [3.8, 4) is 0 Å². The van der Waals surface area contributed by atoms with E-state index in [1.807, 2.05) is 0 Å². The topological polar surface area (TPSA) is 87.1 Å². The van der Waals surface area contributed by atoms with Crippen LogP contribution < -0.4 is 0 Å². The standard InChI is InChI=1S/C11H19NO5/c1-4-6-17-11(16)12(8(3)10(14)15)9(5-2)7-13/h4,8-9,13H,1,5-7H2,2-3H3,(H,14,15). The summed E-state index contributed by atoms with van der Waals surface area (Å²) in [4.78, 5) is 23.6. The SMILES string of the molecule is C=CCOC(=O)N(C(CC)CO)C(C)C(=O)O. The first-order valence-corrected chi connectivity index (χ1v) is 5.39. The molecule has 0 saturated heterocycles. The summed E-state index contributed by atoms with van der Waals surface area (Å²) in [6, 6.07) is -1.62. The van der Waals surface area contributed by atoms with Crippen molar-refractivity contribution in [2.45, 2.75) is 32.4 Å². The number of rotatable bonds is 7. The Hall–Kier alpha value is -1.56. The van der Waals surface area contributed by atoms with Gasteiger partial charge >= 0.3 is 12.1 Å². The van der Waals surface area contributed by atoms with Gasteiger partial charge in [0, 0.05) is 0 Å². The predicted molar refractivity (Wildman–Crippen MR) is 61.6 cm³/mol. The lowest BCUT2D eigenvalue weighted by Crippen LogP contribution is -2.50. The maximum atomic E-state index is 11.7. The average Bonchev–Trinajstić information content (AvgIpc) is 2.31. The lowest BCUT2D eigenvalue weighted by Gasteiger charge is -2.31. The van der Waals surface area contributed by atoms with Crippen LogP contribution in [-0.2, 0) is 9.53 Å². The Bertz CT molecular complexity index is 275. The molecule has 17 heavy (non-hydrogen) atoms. The summed E-state index contributed by atoms with van der Waals surface area (Å²) in [7, 11) is 0. The van der Waals surface area contributed by atoms with Crippen LogP contribution in [0, 0.1) is 0 Å². The second kappa shape index (κ2) is 7.67. The number of hydrogen-bond donors (Lipinski definition) is 2. The lowest BCUT2D eigenvalue weighted by molar-refractivity contribution is -0.143. The van der Waals surface area contributed by atoms with E-state index < -0.39 is 24.1 Å². The van der Waals surface area contributed by atoms with Crippen LogP contribution in [0.3, 0.4) is 0 Å². The molecular formula is C11H19NO5. The van der Waals surface area contributed by atoms with Crippen molar-refractivity contribution < 1.29 is 24.5 Å². The molecule has 2 N–H and O–H groups in total. The summed E-state index contributed by atoms with van der Waals surface area (Å²) in [6.07, 6.45) is 1.07. The van der Waals surface area contributed by atoms with E-state index in [1.54, 1.807) is 6.92 Å². The Balaban J connectivity index is 4.88. The van der Waals surface area contributed by atoms with E-state index in [4.69, 9.17) is 14.9 Å². The second-order valence-corrected chi connectivity index (χ2v) is 3.53. The van der Waals surface area contributed by atoms with Gasteiger partial charge in [-0.25, -0.2) is 9.59 Å². The van der Waals surface area contributed by atoms with Crippen LogP contribution in [-0.4, -0.2) is 52.5 Å². The van der Waals surface area contributed by atoms with Crippen molar-refractivity contribution in [3.63, 3.8) is 0 Å². The van der Waals surface area contributed by atoms with Crippen LogP contribution >= 0.6 is 0 Å². The second-order valence-electron chi connectivity index (χ2n) is 3.53. The Labute approximate surface area is 100 Å². The largest absolute Gasteiger partial charge is 0.480 e. The normalized spacial score (nSPS) is 13.6. The maximum Gasteiger partial charge on any atom is 0.411 e. The van der Waals surface area contributed by atoms with Crippen molar-refractivity contribution in [1.82, 2.24) is 4.90 Å². The minimum Gasteiger partial charge on any atom is -0.480 e. The van der Waals surface area contributed by atoms with Crippen LogP contribution in [0.5, 0.6) is 0 Å². The number of carboxylic acid groups (broad SMARTS) is 1. The number of carbonyl (C=O) groups is 2. The minimum atomic E-state index is -1.15. The highest BCUT2D eigenvalue weighted by atomic mass is 16.6. The van der Waals surface area contributed by atoms with E-state index in [2.05, 4.69) is 6.58 Å². The van der Waals surface area contributed by atoms with E-state index in [-0.39, 0.29) is 13.2 Å². The molecule has 6 nitrogen and oxygen atoms in total. The van der Waals surface area contributed by atoms with Crippen molar-refractivity contribution in [1.29, 1.82) is 0 Å². The Morgan fingerprint density at radius 2 is 2.12 bits per heavy atom. The Morgan fingerprint density at radius 3 is 2.47 bits per heavy atom. The van der Waals surface area contributed by atoms with Crippen LogP contribution in [0.1, 0.15) is 20.3 Å². The molecule has 0 bridgehead atoms. The van der Waals surface area contributed by atoms with E-state index in [1.165, 1.54) is 13.0 Å². The molecule has 0 aliphatic heterocycles. The molecule has 0 spiro atoms. The first kappa shape index (κ1) is 15.4. The molecule has 2 unspecified atom stereocenters. The summed E-state index contributed by atoms with van der Waals surface area (Å²) in [5.41, 5.74) is 0. The molecule has 0 aliphatic rings. The van der Waals surface area contributed by atoms with E-state index >= 15 is 0 Å². The number of carboxylic acids is 1. The van der Waals surface area contributed by atoms with Crippen molar-refractivity contribution in [2.24, 2.45) is 0 Å². The predicted octanol–water partition coefficient (Wildman–Crippen LogP) is 0.855. The van der Waals surface area contributed by atoms with Gasteiger partial charge in [-0.2, -0.15) is 0 Å². The molecule has 0 aromatic carbocycles. The number of aliphatic hydroxyl groups excluding tert-OH is 1. The Kier molecular flexibility index (Phi) is 6.97. The molecule has 0 saturated carbocycles. The van der Waals surface area contributed by atoms with Gasteiger partial charge in [0.25, 0.3) is 0 Å². The molecule has 0 aromatic heterocycles. The zero-order valence-electron chi connectivity index (χ0n) is 10.1. The number of ether oxygens (including phenoxy) is 1. The van der Waals surface area contributed by atoms with Gasteiger partial charge in [0.2, 0.25) is 0 Å². The third-order valence-electron chi connectivity index (χ3n) is 2.39.